The van der Waals surface area contributed by atoms with E-state index in [-0.39, 0.29) is 11.9 Å². The van der Waals surface area contributed by atoms with Crippen LogP contribution >= 0.6 is 0 Å². The summed E-state index contributed by atoms with van der Waals surface area (Å²) < 4.78 is 0. The van der Waals surface area contributed by atoms with Gasteiger partial charge < -0.3 is 16.0 Å². The fourth-order valence-electron chi connectivity index (χ4n) is 3.69. The average Bonchev–Trinajstić information content (AvgIpc) is 2.75. The molecular formula is C23H38N4O2. The van der Waals surface area contributed by atoms with E-state index in [1.165, 1.54) is 24.8 Å². The van der Waals surface area contributed by atoms with Crippen molar-refractivity contribution >= 4 is 11.9 Å². The first-order chi connectivity index (χ1) is 14.1. The predicted molar refractivity (Wildman–Crippen MR) is 118 cm³/mol. The number of nitrogens with zero attached hydrogens (tertiary/aromatic N) is 1. The van der Waals surface area contributed by atoms with Crippen molar-refractivity contribution in [2.24, 2.45) is 0 Å². The molecule has 29 heavy (non-hydrogen) atoms. The highest BCUT2D eigenvalue weighted by Gasteiger charge is 2.15. The SMILES string of the molecule is CCN(CC)Cc1ccc(CNC(=O)CCCNC(=O)NC2CCCCC2)cc1. The molecule has 6 heteroatoms. The third kappa shape index (κ3) is 9.31. The number of carbonyl (C=O) groups is 2. The van der Waals surface area contributed by atoms with Crippen molar-refractivity contribution in [1.29, 1.82) is 0 Å². The molecule has 0 saturated heterocycles. The number of amides is 3. The summed E-state index contributed by atoms with van der Waals surface area (Å²) in [5, 5.41) is 8.84. The number of hydrogen-bond donors (Lipinski definition) is 3. The molecule has 2 rings (SSSR count). The minimum atomic E-state index is -0.109. The van der Waals surface area contributed by atoms with Crippen molar-refractivity contribution in [3.05, 3.63) is 35.4 Å². The highest BCUT2D eigenvalue weighted by atomic mass is 16.2. The zero-order valence-corrected chi connectivity index (χ0v) is 18.1. The molecule has 162 valence electrons. The van der Waals surface area contributed by atoms with Crippen molar-refractivity contribution in [3.63, 3.8) is 0 Å². The number of urea groups is 1. The molecule has 6 nitrogen and oxygen atoms in total. The fourth-order valence-corrected chi connectivity index (χ4v) is 3.69. The normalized spacial score (nSPS) is 14.6. The van der Waals surface area contributed by atoms with E-state index in [9.17, 15) is 9.59 Å². The second kappa shape index (κ2) is 13.2. The Labute approximate surface area is 175 Å². The van der Waals surface area contributed by atoms with Gasteiger partial charge in [-0.1, -0.05) is 57.4 Å². The van der Waals surface area contributed by atoms with E-state index in [1.807, 2.05) is 0 Å². The second-order valence-corrected chi connectivity index (χ2v) is 7.89. The zero-order chi connectivity index (χ0) is 20.9. The van der Waals surface area contributed by atoms with Gasteiger partial charge in [-0.15, -0.1) is 0 Å². The molecule has 0 spiro atoms. The van der Waals surface area contributed by atoms with Crippen LogP contribution in [0.1, 0.15) is 69.9 Å². The van der Waals surface area contributed by atoms with Gasteiger partial charge in [-0.25, -0.2) is 4.79 Å². The summed E-state index contributed by atoms with van der Waals surface area (Å²) in [4.78, 5) is 26.3. The van der Waals surface area contributed by atoms with Gasteiger partial charge in [-0.3, -0.25) is 9.69 Å². The number of benzene rings is 1. The maximum Gasteiger partial charge on any atom is 0.315 e. The largest absolute Gasteiger partial charge is 0.352 e. The van der Waals surface area contributed by atoms with Crippen molar-refractivity contribution in [2.45, 2.75) is 77.9 Å². The molecule has 1 aliphatic carbocycles. The Balaban J connectivity index is 1.56. The summed E-state index contributed by atoms with van der Waals surface area (Å²) in [6, 6.07) is 8.63. The van der Waals surface area contributed by atoms with E-state index >= 15 is 0 Å². The first kappa shape index (κ1) is 23.2. The van der Waals surface area contributed by atoms with Gasteiger partial charge in [0.25, 0.3) is 0 Å². The van der Waals surface area contributed by atoms with Gasteiger partial charge in [0, 0.05) is 32.1 Å². The molecule has 0 unspecified atom stereocenters. The smallest absolute Gasteiger partial charge is 0.315 e. The van der Waals surface area contributed by atoms with E-state index in [0.717, 1.165) is 38.0 Å². The Morgan fingerprint density at radius 1 is 0.966 bits per heavy atom. The van der Waals surface area contributed by atoms with Crippen molar-refractivity contribution in [2.75, 3.05) is 19.6 Å². The fraction of sp³-hybridized carbons (Fsp3) is 0.652. The van der Waals surface area contributed by atoms with Crippen LogP contribution in [0.3, 0.4) is 0 Å². The Bertz CT molecular complexity index is 608. The number of rotatable bonds is 11. The van der Waals surface area contributed by atoms with Gasteiger partial charge in [0.15, 0.2) is 0 Å². The van der Waals surface area contributed by atoms with Crippen LogP contribution in [0.15, 0.2) is 24.3 Å². The molecule has 1 aliphatic rings. The third-order valence-corrected chi connectivity index (χ3v) is 5.62. The van der Waals surface area contributed by atoms with E-state index in [1.54, 1.807) is 0 Å². The Kier molecular flexibility index (Phi) is 10.6. The molecular weight excluding hydrogens is 364 g/mol. The summed E-state index contributed by atoms with van der Waals surface area (Å²) in [7, 11) is 0. The van der Waals surface area contributed by atoms with Crippen LogP contribution in [0.2, 0.25) is 0 Å². The van der Waals surface area contributed by atoms with Gasteiger partial charge in [0.1, 0.15) is 0 Å². The van der Waals surface area contributed by atoms with Crippen LogP contribution < -0.4 is 16.0 Å². The topological polar surface area (TPSA) is 73.5 Å². The quantitative estimate of drug-likeness (QED) is 0.496. The predicted octanol–water partition coefficient (Wildman–Crippen LogP) is 3.56. The van der Waals surface area contributed by atoms with Crippen LogP contribution in [0.5, 0.6) is 0 Å². The highest BCUT2D eigenvalue weighted by Crippen LogP contribution is 2.17. The average molecular weight is 403 g/mol. The molecule has 1 aromatic carbocycles. The zero-order valence-electron chi connectivity index (χ0n) is 18.1. The van der Waals surface area contributed by atoms with Gasteiger partial charge in [-0.05, 0) is 43.5 Å². The molecule has 3 amide bonds. The first-order valence-corrected chi connectivity index (χ1v) is 11.2. The summed E-state index contributed by atoms with van der Waals surface area (Å²) in [6.07, 6.45) is 6.89. The molecule has 0 heterocycles. The molecule has 3 N–H and O–H groups in total. The molecule has 0 atom stereocenters. The lowest BCUT2D eigenvalue weighted by Crippen LogP contribution is -2.43. The van der Waals surface area contributed by atoms with Gasteiger partial charge in [-0.2, -0.15) is 0 Å². The van der Waals surface area contributed by atoms with Crippen molar-refractivity contribution in [3.8, 4) is 0 Å². The lowest BCUT2D eigenvalue weighted by molar-refractivity contribution is -0.121. The summed E-state index contributed by atoms with van der Waals surface area (Å²) in [5.74, 6) is 0.0201. The monoisotopic (exact) mass is 402 g/mol. The first-order valence-electron chi connectivity index (χ1n) is 11.2. The number of carbonyl (C=O) groups excluding carboxylic acids is 2. The number of hydrogen-bond acceptors (Lipinski definition) is 3. The van der Waals surface area contributed by atoms with Crippen molar-refractivity contribution < 1.29 is 9.59 Å². The van der Waals surface area contributed by atoms with E-state index in [0.29, 0.717) is 32.0 Å². The van der Waals surface area contributed by atoms with E-state index in [4.69, 9.17) is 0 Å². The lowest BCUT2D eigenvalue weighted by atomic mass is 9.96. The summed E-state index contributed by atoms with van der Waals surface area (Å²) >= 11 is 0. The van der Waals surface area contributed by atoms with E-state index < -0.39 is 0 Å². The minimum absolute atomic E-state index is 0.0201. The Hall–Kier alpha value is -2.08. The van der Waals surface area contributed by atoms with Crippen molar-refractivity contribution in [1.82, 2.24) is 20.9 Å². The molecule has 0 bridgehead atoms. The van der Waals surface area contributed by atoms with Gasteiger partial charge in [0.05, 0.1) is 0 Å². The van der Waals surface area contributed by atoms with Gasteiger partial charge >= 0.3 is 6.03 Å². The second-order valence-electron chi connectivity index (χ2n) is 7.89. The number of nitrogens with one attached hydrogen (secondary N) is 3. The van der Waals surface area contributed by atoms with Crippen LogP contribution in [-0.2, 0) is 17.9 Å². The lowest BCUT2D eigenvalue weighted by Gasteiger charge is -2.22. The Morgan fingerprint density at radius 2 is 1.62 bits per heavy atom. The molecule has 0 aliphatic heterocycles. The summed E-state index contributed by atoms with van der Waals surface area (Å²) in [6.45, 7) is 8.46. The van der Waals surface area contributed by atoms with Crippen LogP contribution in [-0.4, -0.2) is 42.5 Å². The van der Waals surface area contributed by atoms with Crippen LogP contribution in [0.4, 0.5) is 4.79 Å². The molecule has 0 radical (unpaired) electrons. The highest BCUT2D eigenvalue weighted by molar-refractivity contribution is 5.76. The summed E-state index contributed by atoms with van der Waals surface area (Å²) in [5.41, 5.74) is 2.40. The maximum atomic E-state index is 12.0. The van der Waals surface area contributed by atoms with Crippen LogP contribution in [0, 0.1) is 0 Å². The molecule has 1 fully saturated rings. The van der Waals surface area contributed by atoms with Crippen LogP contribution in [0.25, 0.3) is 0 Å². The molecule has 1 aromatic rings. The minimum Gasteiger partial charge on any atom is -0.352 e. The Morgan fingerprint density at radius 3 is 2.28 bits per heavy atom. The standard InChI is InChI=1S/C23H38N4O2/c1-3-27(4-2)18-20-14-12-19(13-15-20)17-25-22(28)11-8-16-24-23(29)26-21-9-6-5-7-10-21/h12-15,21H,3-11,16-18H2,1-2H3,(H,25,28)(H2,24,26,29). The van der Waals surface area contributed by atoms with E-state index in [2.05, 4.69) is 59.0 Å². The molecule has 1 saturated carbocycles. The molecule has 0 aromatic heterocycles. The third-order valence-electron chi connectivity index (χ3n) is 5.62. The van der Waals surface area contributed by atoms with Gasteiger partial charge in [0.2, 0.25) is 5.91 Å². The maximum absolute atomic E-state index is 12.0.